The molecule has 1 aromatic carbocycles. The topological polar surface area (TPSA) is 55.2 Å². The number of nitrogens with zero attached hydrogens (tertiary/aromatic N) is 3. The first kappa shape index (κ1) is 20.9. The molecule has 1 saturated heterocycles. The fraction of sp³-hybridized carbons (Fsp3) is 0.346. The van der Waals surface area contributed by atoms with E-state index in [-0.39, 0.29) is 23.1 Å². The van der Waals surface area contributed by atoms with Crippen LogP contribution in [0.25, 0.3) is 11.8 Å². The zero-order chi connectivity index (χ0) is 22.3. The molecule has 0 radical (unpaired) electrons. The number of benzene rings is 1. The Morgan fingerprint density at radius 1 is 1.16 bits per heavy atom. The Morgan fingerprint density at radius 2 is 1.97 bits per heavy atom. The van der Waals surface area contributed by atoms with Crippen LogP contribution in [0, 0.1) is 5.41 Å². The lowest BCUT2D eigenvalue weighted by molar-refractivity contribution is -0.126. The second-order valence-corrected chi connectivity index (χ2v) is 10.4. The number of carbonyl (C=O) groups excluding carboxylic acids is 2. The lowest BCUT2D eigenvalue weighted by atomic mass is 9.75. The predicted octanol–water partition coefficient (Wildman–Crippen LogP) is 5.47. The normalized spacial score (nSPS) is 20.1. The van der Waals surface area contributed by atoms with Gasteiger partial charge >= 0.3 is 0 Å². The number of Topliss-reactive ketones (excluding diaryl/α,β-unsaturated/α-hetero) is 1. The highest BCUT2D eigenvalue weighted by atomic mass is 32.1. The van der Waals surface area contributed by atoms with E-state index in [0.29, 0.717) is 13.0 Å². The SMILES string of the molecule is CC1(C)CC(=O)c2c([C@@H]3CCCN3C(=O)/C=C/c3cccs3)nn(-c3ccccc3)c2C1. The highest BCUT2D eigenvalue weighted by molar-refractivity contribution is 7.10. The molecule has 5 rings (SSSR count). The third kappa shape index (κ3) is 3.84. The van der Waals surface area contributed by atoms with Crippen LogP contribution in [-0.2, 0) is 11.2 Å². The summed E-state index contributed by atoms with van der Waals surface area (Å²) in [6.45, 7) is 4.96. The van der Waals surface area contributed by atoms with Crippen LogP contribution >= 0.6 is 11.3 Å². The summed E-state index contributed by atoms with van der Waals surface area (Å²) in [4.78, 5) is 29.3. The first-order chi connectivity index (χ1) is 15.4. The largest absolute Gasteiger partial charge is 0.330 e. The third-order valence-electron chi connectivity index (χ3n) is 6.36. The molecule has 3 aromatic rings. The molecule has 1 aliphatic heterocycles. The zero-order valence-electron chi connectivity index (χ0n) is 18.5. The van der Waals surface area contributed by atoms with Gasteiger partial charge < -0.3 is 4.90 Å². The molecule has 6 heteroatoms. The molecule has 3 heterocycles. The van der Waals surface area contributed by atoms with E-state index in [2.05, 4.69) is 13.8 Å². The fourth-order valence-electron chi connectivity index (χ4n) is 4.94. The van der Waals surface area contributed by atoms with Crippen molar-refractivity contribution < 1.29 is 9.59 Å². The number of para-hydroxylation sites is 1. The van der Waals surface area contributed by atoms with Crippen molar-refractivity contribution in [2.45, 2.75) is 45.6 Å². The van der Waals surface area contributed by atoms with Crippen molar-refractivity contribution in [1.82, 2.24) is 14.7 Å². The summed E-state index contributed by atoms with van der Waals surface area (Å²) < 4.78 is 1.94. The Bertz CT molecular complexity index is 1180. The molecule has 0 saturated carbocycles. The molecule has 2 aromatic heterocycles. The zero-order valence-corrected chi connectivity index (χ0v) is 19.3. The van der Waals surface area contributed by atoms with E-state index >= 15 is 0 Å². The number of rotatable bonds is 4. The number of carbonyl (C=O) groups is 2. The Hall–Kier alpha value is -2.99. The van der Waals surface area contributed by atoms with Gasteiger partial charge in [-0.25, -0.2) is 4.68 Å². The van der Waals surface area contributed by atoms with Gasteiger partial charge in [0.1, 0.15) is 0 Å². The molecule has 0 spiro atoms. The van der Waals surface area contributed by atoms with Gasteiger partial charge in [-0.2, -0.15) is 5.10 Å². The first-order valence-electron chi connectivity index (χ1n) is 11.2. The maximum absolute atomic E-state index is 13.3. The van der Waals surface area contributed by atoms with Gasteiger partial charge in [-0.3, -0.25) is 9.59 Å². The van der Waals surface area contributed by atoms with Crippen molar-refractivity contribution >= 4 is 29.1 Å². The van der Waals surface area contributed by atoms with Gasteiger partial charge in [0.2, 0.25) is 5.91 Å². The number of ketones is 1. The summed E-state index contributed by atoms with van der Waals surface area (Å²) in [6, 6.07) is 13.8. The third-order valence-corrected chi connectivity index (χ3v) is 7.20. The Balaban J connectivity index is 1.55. The summed E-state index contributed by atoms with van der Waals surface area (Å²) in [6.07, 6.45) is 6.55. The van der Waals surface area contributed by atoms with Crippen LogP contribution in [0.2, 0.25) is 0 Å². The van der Waals surface area contributed by atoms with Gasteiger partial charge in [-0.1, -0.05) is 38.1 Å². The molecule has 5 nitrogen and oxygen atoms in total. The standard InChI is InChI=1S/C26H27N3O2S/c1-26(2)16-21-24(22(30)17-26)25(27-29(21)18-8-4-3-5-9-18)20-11-6-14-28(20)23(31)13-12-19-10-7-15-32-19/h3-5,7-10,12-13,15,20H,6,11,14,16-17H2,1-2H3/b13-12+/t20-/m0/s1. The van der Waals surface area contributed by atoms with Crippen LogP contribution in [0.15, 0.2) is 53.9 Å². The van der Waals surface area contributed by atoms with Gasteiger partial charge in [-0.15, -0.1) is 11.3 Å². The molecular formula is C26H27N3O2S. The average Bonchev–Trinajstić information content (AvgIpc) is 3.51. The van der Waals surface area contributed by atoms with Gasteiger partial charge in [-0.05, 0) is 54.3 Å². The van der Waals surface area contributed by atoms with Gasteiger partial charge in [0, 0.05) is 23.9 Å². The summed E-state index contributed by atoms with van der Waals surface area (Å²) in [5.41, 5.74) is 3.32. The van der Waals surface area contributed by atoms with Crippen molar-refractivity contribution in [1.29, 1.82) is 0 Å². The van der Waals surface area contributed by atoms with E-state index in [4.69, 9.17) is 5.10 Å². The molecule has 164 valence electrons. The molecule has 0 bridgehead atoms. The first-order valence-corrected chi connectivity index (χ1v) is 12.0. The smallest absolute Gasteiger partial charge is 0.247 e. The summed E-state index contributed by atoms with van der Waals surface area (Å²) in [5.74, 6) is 0.120. The van der Waals surface area contributed by atoms with Crippen molar-refractivity contribution in [3.05, 3.63) is 75.7 Å². The summed E-state index contributed by atoms with van der Waals surface area (Å²) in [5, 5.41) is 6.98. The highest BCUT2D eigenvalue weighted by Crippen LogP contribution is 2.42. The van der Waals surface area contributed by atoms with Crippen molar-refractivity contribution in [2.24, 2.45) is 5.41 Å². The number of fused-ring (bicyclic) bond motifs is 1. The quantitative estimate of drug-likeness (QED) is 0.501. The van der Waals surface area contributed by atoms with Crippen LogP contribution in [-0.4, -0.2) is 32.9 Å². The van der Waals surface area contributed by atoms with Gasteiger partial charge in [0.15, 0.2) is 5.78 Å². The van der Waals surface area contributed by atoms with Gasteiger partial charge in [0.05, 0.1) is 28.7 Å². The van der Waals surface area contributed by atoms with E-state index in [1.165, 1.54) is 0 Å². The van der Waals surface area contributed by atoms with Crippen LogP contribution in [0.1, 0.15) is 65.8 Å². The van der Waals surface area contributed by atoms with E-state index in [9.17, 15) is 9.59 Å². The second kappa shape index (κ2) is 8.17. The number of aromatic nitrogens is 2. The highest BCUT2D eigenvalue weighted by Gasteiger charge is 2.41. The molecule has 1 amide bonds. The number of likely N-dealkylation sites (tertiary alicyclic amines) is 1. The summed E-state index contributed by atoms with van der Waals surface area (Å²) in [7, 11) is 0. The molecule has 2 aliphatic rings. The van der Waals surface area contributed by atoms with Crippen LogP contribution < -0.4 is 0 Å². The van der Waals surface area contributed by atoms with Crippen molar-refractivity contribution in [2.75, 3.05) is 6.54 Å². The number of amides is 1. The molecule has 1 atom stereocenters. The van der Waals surface area contributed by atoms with Crippen LogP contribution in [0.3, 0.4) is 0 Å². The predicted molar refractivity (Wildman–Crippen MR) is 127 cm³/mol. The Kier molecular flexibility index (Phi) is 5.33. The molecule has 1 aliphatic carbocycles. The molecular weight excluding hydrogens is 418 g/mol. The fourth-order valence-corrected chi connectivity index (χ4v) is 5.56. The number of hydrogen-bond acceptors (Lipinski definition) is 4. The monoisotopic (exact) mass is 445 g/mol. The Morgan fingerprint density at radius 3 is 2.72 bits per heavy atom. The maximum Gasteiger partial charge on any atom is 0.247 e. The minimum atomic E-state index is -0.167. The average molecular weight is 446 g/mol. The molecule has 0 unspecified atom stereocenters. The number of hydrogen-bond donors (Lipinski definition) is 0. The lowest BCUT2D eigenvalue weighted by Gasteiger charge is -2.30. The van der Waals surface area contributed by atoms with Crippen LogP contribution in [0.5, 0.6) is 0 Å². The van der Waals surface area contributed by atoms with E-state index < -0.39 is 0 Å². The van der Waals surface area contributed by atoms with Crippen molar-refractivity contribution in [3.63, 3.8) is 0 Å². The summed E-state index contributed by atoms with van der Waals surface area (Å²) >= 11 is 1.61. The lowest BCUT2D eigenvalue weighted by Crippen LogP contribution is -2.31. The minimum absolute atomic E-state index is 0.0208. The Labute approximate surface area is 192 Å². The molecule has 0 N–H and O–H groups in total. The minimum Gasteiger partial charge on any atom is -0.330 e. The molecule has 32 heavy (non-hydrogen) atoms. The second-order valence-electron chi connectivity index (χ2n) is 9.43. The van der Waals surface area contributed by atoms with Crippen LogP contribution in [0.4, 0.5) is 0 Å². The van der Waals surface area contributed by atoms with E-state index in [1.807, 2.05) is 63.5 Å². The number of thiophene rings is 1. The van der Waals surface area contributed by atoms with E-state index in [0.717, 1.165) is 46.8 Å². The van der Waals surface area contributed by atoms with Gasteiger partial charge in [0.25, 0.3) is 0 Å². The van der Waals surface area contributed by atoms with Crippen molar-refractivity contribution in [3.8, 4) is 5.69 Å². The molecule has 1 fully saturated rings. The van der Waals surface area contributed by atoms with E-state index in [1.54, 1.807) is 17.4 Å². The maximum atomic E-state index is 13.3.